The first-order valence-corrected chi connectivity index (χ1v) is 8.77. The van der Waals surface area contributed by atoms with Crippen LogP contribution in [0.5, 0.6) is 0 Å². The predicted octanol–water partition coefficient (Wildman–Crippen LogP) is 2.29. The summed E-state index contributed by atoms with van der Waals surface area (Å²) in [5.74, 6) is 0.0476. The lowest BCUT2D eigenvalue weighted by molar-refractivity contribution is -0.118. The Kier molecular flexibility index (Phi) is 4.64. The number of hydrogen-bond acceptors (Lipinski definition) is 8. The minimum absolute atomic E-state index is 0.127. The number of thioether (sulfide) groups is 1. The number of nitrogens with one attached hydrogen (secondary N) is 1. The van der Waals surface area contributed by atoms with Gasteiger partial charge in [-0.05, 0) is 19.1 Å². The number of aromatic nitrogens is 4. The van der Waals surface area contributed by atoms with E-state index in [1.165, 1.54) is 27.7 Å². The average Bonchev–Trinajstić information content (AvgIpc) is 3.14. The zero-order chi connectivity index (χ0) is 17.1. The standard InChI is InChI=1S/C14H13N7OS2/c1-8(21-12(16)19-20-14(21)23-7-6-15)11(22)18-13-17-9-4-2-3-5-10(9)24-13/h2-5,8H,7H2,1H3,(H2,16,19)(H,17,18,22). The molecule has 0 spiro atoms. The summed E-state index contributed by atoms with van der Waals surface area (Å²) in [6, 6.07) is 9.03. The number of nitrogens with zero attached hydrogens (tertiary/aromatic N) is 5. The highest BCUT2D eigenvalue weighted by Gasteiger charge is 2.23. The van der Waals surface area contributed by atoms with E-state index in [9.17, 15) is 4.79 Å². The predicted molar refractivity (Wildman–Crippen MR) is 93.7 cm³/mol. The second-order valence-electron chi connectivity index (χ2n) is 4.81. The third-order valence-corrected chi connectivity index (χ3v) is 5.01. The quantitative estimate of drug-likeness (QED) is 0.670. The number of nitriles is 1. The molecule has 0 aliphatic heterocycles. The van der Waals surface area contributed by atoms with Crippen LogP contribution in [0, 0.1) is 11.3 Å². The number of rotatable bonds is 5. The molecule has 0 saturated heterocycles. The third-order valence-electron chi connectivity index (χ3n) is 3.25. The Morgan fingerprint density at radius 3 is 3.04 bits per heavy atom. The van der Waals surface area contributed by atoms with Gasteiger partial charge in [0, 0.05) is 0 Å². The first-order chi connectivity index (χ1) is 11.6. The number of amides is 1. The van der Waals surface area contributed by atoms with Gasteiger partial charge in [0.05, 0.1) is 22.0 Å². The molecule has 0 aliphatic rings. The molecule has 1 amide bonds. The summed E-state index contributed by atoms with van der Waals surface area (Å²) in [4.78, 5) is 16.9. The number of carbonyl (C=O) groups is 1. The van der Waals surface area contributed by atoms with E-state index in [0.717, 1.165) is 10.2 Å². The van der Waals surface area contributed by atoms with Gasteiger partial charge in [-0.3, -0.25) is 9.36 Å². The van der Waals surface area contributed by atoms with E-state index in [2.05, 4.69) is 20.5 Å². The molecule has 0 saturated carbocycles. The minimum Gasteiger partial charge on any atom is -0.368 e. The molecule has 24 heavy (non-hydrogen) atoms. The van der Waals surface area contributed by atoms with Gasteiger partial charge in [0.15, 0.2) is 10.3 Å². The van der Waals surface area contributed by atoms with E-state index in [-0.39, 0.29) is 17.6 Å². The Labute approximate surface area is 145 Å². The molecular weight excluding hydrogens is 346 g/mol. The number of benzene rings is 1. The first kappa shape index (κ1) is 16.2. The van der Waals surface area contributed by atoms with Gasteiger partial charge in [-0.2, -0.15) is 5.26 Å². The molecule has 1 unspecified atom stereocenters. The van der Waals surface area contributed by atoms with E-state index in [1.807, 2.05) is 30.3 Å². The summed E-state index contributed by atoms with van der Waals surface area (Å²) >= 11 is 2.58. The van der Waals surface area contributed by atoms with Crippen LogP contribution in [-0.4, -0.2) is 31.4 Å². The van der Waals surface area contributed by atoms with Crippen LogP contribution >= 0.6 is 23.1 Å². The van der Waals surface area contributed by atoms with Gasteiger partial charge in [0.2, 0.25) is 11.9 Å². The van der Waals surface area contributed by atoms with Crippen molar-refractivity contribution in [2.45, 2.75) is 18.1 Å². The zero-order valence-electron chi connectivity index (χ0n) is 12.6. The molecule has 3 N–H and O–H groups in total. The Bertz CT molecular complexity index is 894. The highest BCUT2D eigenvalue weighted by atomic mass is 32.2. The van der Waals surface area contributed by atoms with Crippen molar-refractivity contribution < 1.29 is 4.79 Å². The van der Waals surface area contributed by atoms with Gasteiger partial charge >= 0.3 is 0 Å². The smallest absolute Gasteiger partial charge is 0.249 e. The molecule has 0 aliphatic carbocycles. The van der Waals surface area contributed by atoms with E-state index in [0.29, 0.717) is 10.3 Å². The van der Waals surface area contributed by atoms with Crippen molar-refractivity contribution in [3.05, 3.63) is 24.3 Å². The maximum absolute atomic E-state index is 12.5. The highest BCUT2D eigenvalue weighted by molar-refractivity contribution is 7.99. The largest absolute Gasteiger partial charge is 0.368 e. The number of fused-ring (bicyclic) bond motifs is 1. The van der Waals surface area contributed by atoms with Gasteiger partial charge in [-0.25, -0.2) is 4.98 Å². The topological polar surface area (TPSA) is 123 Å². The van der Waals surface area contributed by atoms with Gasteiger partial charge in [-0.15, -0.1) is 10.2 Å². The highest BCUT2D eigenvalue weighted by Crippen LogP contribution is 2.27. The molecule has 2 aromatic heterocycles. The molecule has 1 atom stereocenters. The second kappa shape index (κ2) is 6.86. The fourth-order valence-electron chi connectivity index (χ4n) is 2.10. The van der Waals surface area contributed by atoms with E-state index in [1.54, 1.807) is 6.92 Å². The monoisotopic (exact) mass is 359 g/mol. The zero-order valence-corrected chi connectivity index (χ0v) is 14.3. The number of nitrogen functional groups attached to an aromatic ring is 1. The summed E-state index contributed by atoms with van der Waals surface area (Å²) in [6.45, 7) is 1.69. The van der Waals surface area contributed by atoms with Gasteiger partial charge in [-0.1, -0.05) is 35.2 Å². The first-order valence-electron chi connectivity index (χ1n) is 6.96. The van der Waals surface area contributed by atoms with Crippen LogP contribution in [0.3, 0.4) is 0 Å². The number of hydrogen-bond donors (Lipinski definition) is 2. The van der Waals surface area contributed by atoms with E-state index in [4.69, 9.17) is 11.0 Å². The summed E-state index contributed by atoms with van der Waals surface area (Å²) in [6.07, 6.45) is 0. The maximum Gasteiger partial charge on any atom is 0.249 e. The molecule has 3 aromatic rings. The van der Waals surface area contributed by atoms with Crippen molar-refractivity contribution in [1.82, 2.24) is 19.7 Å². The molecule has 0 bridgehead atoms. The van der Waals surface area contributed by atoms with Gasteiger partial charge in [0.25, 0.3) is 0 Å². The van der Waals surface area contributed by atoms with Crippen LogP contribution in [0.1, 0.15) is 13.0 Å². The fraction of sp³-hybridized carbons (Fsp3) is 0.214. The van der Waals surface area contributed by atoms with Crippen molar-refractivity contribution >= 4 is 50.3 Å². The van der Waals surface area contributed by atoms with Crippen LogP contribution in [0.4, 0.5) is 11.1 Å². The number of para-hydroxylation sites is 1. The minimum atomic E-state index is -0.631. The van der Waals surface area contributed by atoms with Crippen molar-refractivity contribution in [3.63, 3.8) is 0 Å². The maximum atomic E-state index is 12.5. The van der Waals surface area contributed by atoms with Gasteiger partial charge in [0.1, 0.15) is 6.04 Å². The van der Waals surface area contributed by atoms with Crippen LogP contribution in [-0.2, 0) is 4.79 Å². The molecule has 10 heteroatoms. The second-order valence-corrected chi connectivity index (χ2v) is 6.78. The van der Waals surface area contributed by atoms with E-state index >= 15 is 0 Å². The lowest BCUT2D eigenvalue weighted by Crippen LogP contribution is -2.25. The number of nitrogens with two attached hydrogens (primary N) is 1. The van der Waals surface area contributed by atoms with Crippen molar-refractivity contribution in [1.29, 1.82) is 5.26 Å². The summed E-state index contributed by atoms with van der Waals surface area (Å²) in [5, 5.41) is 20.1. The lowest BCUT2D eigenvalue weighted by atomic mass is 10.3. The molecule has 0 fully saturated rings. The van der Waals surface area contributed by atoms with Crippen LogP contribution < -0.4 is 11.1 Å². The van der Waals surface area contributed by atoms with Crippen molar-refractivity contribution in [2.75, 3.05) is 16.8 Å². The normalized spacial score (nSPS) is 12.0. The van der Waals surface area contributed by atoms with Crippen molar-refractivity contribution in [2.24, 2.45) is 0 Å². The Balaban J connectivity index is 1.80. The average molecular weight is 359 g/mol. The number of anilines is 2. The Morgan fingerprint density at radius 2 is 2.29 bits per heavy atom. The number of thiazole rings is 1. The third kappa shape index (κ3) is 3.17. The van der Waals surface area contributed by atoms with Crippen LogP contribution in [0.2, 0.25) is 0 Å². The Hall–Kier alpha value is -2.64. The summed E-state index contributed by atoms with van der Waals surface area (Å²) in [5.41, 5.74) is 6.64. The van der Waals surface area contributed by atoms with Crippen molar-refractivity contribution in [3.8, 4) is 6.07 Å². The fourth-order valence-corrected chi connectivity index (χ4v) is 3.65. The molecule has 122 valence electrons. The summed E-state index contributed by atoms with van der Waals surface area (Å²) in [7, 11) is 0. The number of carbonyl (C=O) groups excluding carboxylic acids is 1. The molecule has 8 nitrogen and oxygen atoms in total. The van der Waals surface area contributed by atoms with E-state index < -0.39 is 6.04 Å². The molecule has 1 aromatic carbocycles. The Morgan fingerprint density at radius 1 is 1.50 bits per heavy atom. The molecular formula is C14H13N7OS2. The summed E-state index contributed by atoms with van der Waals surface area (Å²) < 4.78 is 2.50. The van der Waals surface area contributed by atoms with Crippen LogP contribution in [0.15, 0.2) is 29.4 Å². The molecule has 0 radical (unpaired) electrons. The molecule has 3 rings (SSSR count). The van der Waals surface area contributed by atoms with Crippen LogP contribution in [0.25, 0.3) is 10.2 Å². The van der Waals surface area contributed by atoms with Gasteiger partial charge < -0.3 is 11.1 Å². The lowest BCUT2D eigenvalue weighted by Gasteiger charge is -2.14. The SMILES string of the molecule is CC(C(=O)Nc1nc2ccccc2s1)n1c(N)nnc1SCC#N. The molecule has 2 heterocycles.